The van der Waals surface area contributed by atoms with Crippen LogP contribution in [0.4, 0.5) is 5.69 Å². The van der Waals surface area contributed by atoms with Gasteiger partial charge in [-0.05, 0) is 30.3 Å². The van der Waals surface area contributed by atoms with Gasteiger partial charge in [-0.2, -0.15) is 4.31 Å². The molecule has 0 unspecified atom stereocenters. The molecule has 9 heteroatoms. The van der Waals surface area contributed by atoms with Crippen molar-refractivity contribution in [3.8, 4) is 11.5 Å². The lowest BCUT2D eigenvalue weighted by Gasteiger charge is -2.18. The number of para-hydroxylation sites is 2. The lowest BCUT2D eigenvalue weighted by molar-refractivity contribution is -0.116. The number of methoxy groups -OCH3 is 2. The Kier molecular flexibility index (Phi) is 6.47. The van der Waals surface area contributed by atoms with Gasteiger partial charge in [0.1, 0.15) is 11.5 Å². The Morgan fingerprint density at radius 3 is 2.38 bits per heavy atom. The highest BCUT2D eigenvalue weighted by molar-refractivity contribution is 7.89. The van der Waals surface area contributed by atoms with Gasteiger partial charge in [-0.1, -0.05) is 23.7 Å². The minimum Gasteiger partial charge on any atom is -0.495 e. The number of hydrogen-bond donors (Lipinski definition) is 1. The molecule has 2 rings (SSSR count). The van der Waals surface area contributed by atoms with Gasteiger partial charge in [0.2, 0.25) is 15.9 Å². The number of ether oxygens (including phenoxy) is 2. The quantitative estimate of drug-likeness (QED) is 0.774. The van der Waals surface area contributed by atoms with Gasteiger partial charge >= 0.3 is 0 Å². The lowest BCUT2D eigenvalue weighted by atomic mass is 10.3. The zero-order chi connectivity index (χ0) is 19.3. The number of benzene rings is 2. The summed E-state index contributed by atoms with van der Waals surface area (Å²) >= 11 is 5.99. The molecule has 0 aliphatic heterocycles. The Morgan fingerprint density at radius 1 is 1.12 bits per heavy atom. The van der Waals surface area contributed by atoms with Gasteiger partial charge in [0.25, 0.3) is 0 Å². The SMILES string of the molecule is COc1ccc(S(=O)(=O)N(C)CC(=O)Nc2ccccc2OC)cc1Cl. The first kappa shape index (κ1) is 20.0. The van der Waals surface area contributed by atoms with Crippen LogP contribution in [-0.4, -0.2) is 46.4 Å². The molecule has 0 radical (unpaired) electrons. The minimum atomic E-state index is -3.89. The number of hydrogen-bond acceptors (Lipinski definition) is 5. The van der Waals surface area contributed by atoms with Crippen molar-refractivity contribution in [2.24, 2.45) is 0 Å². The number of likely N-dealkylation sites (N-methyl/N-ethyl adjacent to an activating group) is 1. The fraction of sp³-hybridized carbons (Fsp3) is 0.235. The van der Waals surface area contributed by atoms with E-state index in [1.54, 1.807) is 24.3 Å². The molecule has 1 N–H and O–H groups in total. The van der Waals surface area contributed by atoms with Gasteiger partial charge in [-0.15, -0.1) is 0 Å². The first-order valence-electron chi connectivity index (χ1n) is 7.52. The van der Waals surface area contributed by atoms with Crippen LogP contribution in [0, 0.1) is 0 Å². The number of carbonyl (C=O) groups excluding carboxylic acids is 1. The Morgan fingerprint density at radius 2 is 1.77 bits per heavy atom. The zero-order valence-electron chi connectivity index (χ0n) is 14.5. The third kappa shape index (κ3) is 4.46. The summed E-state index contributed by atoms with van der Waals surface area (Å²) in [6.07, 6.45) is 0. The van der Waals surface area contributed by atoms with Crippen LogP contribution in [0.3, 0.4) is 0 Å². The van der Waals surface area contributed by atoms with Crippen molar-refractivity contribution in [2.75, 3.05) is 33.1 Å². The molecule has 0 saturated carbocycles. The summed E-state index contributed by atoms with van der Waals surface area (Å²) in [5.41, 5.74) is 0.457. The van der Waals surface area contributed by atoms with Crippen molar-refractivity contribution in [2.45, 2.75) is 4.90 Å². The van der Waals surface area contributed by atoms with Crippen LogP contribution in [0.2, 0.25) is 5.02 Å². The normalized spacial score (nSPS) is 11.3. The number of halogens is 1. The lowest BCUT2D eigenvalue weighted by Crippen LogP contribution is -2.35. The largest absolute Gasteiger partial charge is 0.495 e. The van der Waals surface area contributed by atoms with Gasteiger partial charge in [0.05, 0.1) is 36.4 Å². The molecule has 2 aromatic rings. The topological polar surface area (TPSA) is 84.9 Å². The number of carbonyl (C=O) groups is 1. The summed E-state index contributed by atoms with van der Waals surface area (Å²) < 4.78 is 36.3. The second-order valence-electron chi connectivity index (χ2n) is 5.31. The van der Waals surface area contributed by atoms with Crippen molar-refractivity contribution in [1.82, 2.24) is 4.31 Å². The summed E-state index contributed by atoms with van der Waals surface area (Å²) in [5.74, 6) is 0.343. The van der Waals surface area contributed by atoms with Crippen LogP contribution in [-0.2, 0) is 14.8 Å². The molecule has 2 aromatic carbocycles. The molecule has 0 atom stereocenters. The summed E-state index contributed by atoms with van der Waals surface area (Å²) in [6.45, 7) is -0.371. The van der Waals surface area contributed by atoms with Gasteiger partial charge in [0, 0.05) is 7.05 Å². The van der Waals surface area contributed by atoms with Gasteiger partial charge in [-0.25, -0.2) is 8.42 Å². The van der Waals surface area contributed by atoms with E-state index in [4.69, 9.17) is 21.1 Å². The molecule has 0 bridgehead atoms. The maximum absolute atomic E-state index is 12.6. The van der Waals surface area contributed by atoms with E-state index in [1.807, 2.05) is 0 Å². The molecule has 0 aliphatic carbocycles. The Hall–Kier alpha value is -2.29. The molecule has 0 spiro atoms. The van der Waals surface area contributed by atoms with Gasteiger partial charge in [-0.3, -0.25) is 4.79 Å². The molecule has 7 nitrogen and oxygen atoms in total. The first-order chi connectivity index (χ1) is 12.3. The number of anilines is 1. The van der Waals surface area contributed by atoms with Crippen LogP contribution in [0.15, 0.2) is 47.4 Å². The van der Waals surface area contributed by atoms with Gasteiger partial charge < -0.3 is 14.8 Å². The monoisotopic (exact) mass is 398 g/mol. The number of nitrogens with zero attached hydrogens (tertiary/aromatic N) is 1. The number of nitrogens with one attached hydrogen (secondary N) is 1. The molecule has 1 amide bonds. The van der Waals surface area contributed by atoms with Crippen molar-refractivity contribution >= 4 is 33.2 Å². The zero-order valence-corrected chi connectivity index (χ0v) is 16.1. The number of amides is 1. The highest BCUT2D eigenvalue weighted by Gasteiger charge is 2.24. The van der Waals surface area contributed by atoms with Crippen LogP contribution in [0.1, 0.15) is 0 Å². The van der Waals surface area contributed by atoms with Crippen molar-refractivity contribution in [3.63, 3.8) is 0 Å². The third-order valence-electron chi connectivity index (χ3n) is 3.58. The maximum Gasteiger partial charge on any atom is 0.243 e. The second kappa shape index (κ2) is 8.39. The van der Waals surface area contributed by atoms with Crippen LogP contribution in [0.5, 0.6) is 11.5 Å². The van der Waals surface area contributed by atoms with E-state index in [9.17, 15) is 13.2 Å². The molecule has 0 fully saturated rings. The standard InChI is InChI=1S/C17H19ClN2O5S/c1-20(11-17(21)19-14-6-4-5-7-16(14)25-3)26(22,23)12-8-9-15(24-2)13(18)10-12/h4-10H,11H2,1-3H3,(H,19,21). The van der Waals surface area contributed by atoms with Crippen molar-refractivity contribution in [3.05, 3.63) is 47.5 Å². The summed E-state index contributed by atoms with van der Waals surface area (Å²) in [5, 5.41) is 2.80. The van der Waals surface area contributed by atoms with Crippen molar-refractivity contribution in [1.29, 1.82) is 0 Å². The van der Waals surface area contributed by atoms with Gasteiger partial charge in [0.15, 0.2) is 0 Å². The molecular formula is C17H19ClN2O5S. The smallest absolute Gasteiger partial charge is 0.243 e. The highest BCUT2D eigenvalue weighted by Crippen LogP contribution is 2.28. The molecule has 0 heterocycles. The number of rotatable bonds is 7. The second-order valence-corrected chi connectivity index (χ2v) is 7.76. The Balaban J connectivity index is 2.13. The van der Waals surface area contributed by atoms with Crippen LogP contribution in [0.25, 0.3) is 0 Å². The van der Waals surface area contributed by atoms with E-state index >= 15 is 0 Å². The number of sulfonamides is 1. The average molecular weight is 399 g/mol. The maximum atomic E-state index is 12.6. The van der Waals surface area contributed by atoms with Crippen molar-refractivity contribution < 1.29 is 22.7 Å². The molecule has 140 valence electrons. The highest BCUT2D eigenvalue weighted by atomic mass is 35.5. The van der Waals surface area contributed by atoms with E-state index in [1.165, 1.54) is 39.5 Å². The molecule has 26 heavy (non-hydrogen) atoms. The average Bonchev–Trinajstić information content (AvgIpc) is 2.61. The molecule has 0 aromatic heterocycles. The Labute approximate surface area is 157 Å². The molecular weight excluding hydrogens is 380 g/mol. The predicted molar refractivity (Wildman–Crippen MR) is 99.4 cm³/mol. The van der Waals surface area contributed by atoms with E-state index in [-0.39, 0.29) is 16.5 Å². The van der Waals surface area contributed by atoms with E-state index in [0.717, 1.165) is 4.31 Å². The summed E-state index contributed by atoms with van der Waals surface area (Å²) in [7, 11) is 0.342. The van der Waals surface area contributed by atoms with E-state index < -0.39 is 15.9 Å². The third-order valence-corrected chi connectivity index (χ3v) is 5.67. The summed E-state index contributed by atoms with van der Waals surface area (Å²) in [4.78, 5) is 12.2. The summed E-state index contributed by atoms with van der Waals surface area (Å²) in [6, 6.07) is 11.0. The van der Waals surface area contributed by atoms with E-state index in [0.29, 0.717) is 17.2 Å². The molecule has 0 aliphatic rings. The minimum absolute atomic E-state index is 0.0316. The molecule has 0 saturated heterocycles. The van der Waals surface area contributed by atoms with Crippen LogP contribution < -0.4 is 14.8 Å². The fourth-order valence-electron chi connectivity index (χ4n) is 2.21. The first-order valence-corrected chi connectivity index (χ1v) is 9.34. The predicted octanol–water partition coefficient (Wildman–Crippen LogP) is 2.62. The van der Waals surface area contributed by atoms with E-state index in [2.05, 4.69) is 5.32 Å². The van der Waals surface area contributed by atoms with Crippen LogP contribution >= 0.6 is 11.6 Å². The fourth-order valence-corrected chi connectivity index (χ4v) is 3.69. The Bertz CT molecular complexity index is 902.